The summed E-state index contributed by atoms with van der Waals surface area (Å²) in [6, 6.07) is 8.69. The lowest BCUT2D eigenvalue weighted by Crippen LogP contribution is -2.61. The van der Waals surface area contributed by atoms with Crippen LogP contribution in [0.4, 0.5) is 0 Å². The van der Waals surface area contributed by atoms with Gasteiger partial charge in [-0.25, -0.2) is 0 Å². The highest BCUT2D eigenvalue weighted by Crippen LogP contribution is 2.67. The molecule has 1 saturated heterocycles. The monoisotopic (exact) mass is 470 g/mol. The molecule has 2 spiro atoms. The van der Waals surface area contributed by atoms with Crippen LogP contribution in [0.1, 0.15) is 44.6 Å². The van der Waals surface area contributed by atoms with Crippen molar-refractivity contribution in [1.82, 2.24) is 9.88 Å². The fourth-order valence-electron chi connectivity index (χ4n) is 8.20. The van der Waals surface area contributed by atoms with E-state index in [0.29, 0.717) is 5.92 Å². The van der Waals surface area contributed by atoms with Gasteiger partial charge in [-0.05, 0) is 86.0 Å². The number of aromatic nitrogens is 1. The molecule has 1 aromatic heterocycles. The van der Waals surface area contributed by atoms with E-state index in [4.69, 9.17) is 4.74 Å². The number of hydrogen-bond donors (Lipinski definition) is 2. The molecule has 182 valence electrons. The number of aliphatic hydroxyl groups is 2. The molecule has 2 bridgehead atoms. The Morgan fingerprint density at radius 3 is 2.77 bits per heavy atom. The van der Waals surface area contributed by atoms with E-state index in [1.165, 1.54) is 27.5 Å². The molecule has 35 heavy (non-hydrogen) atoms. The molecule has 5 nitrogen and oxygen atoms in total. The fourth-order valence-corrected chi connectivity index (χ4v) is 8.20. The van der Waals surface area contributed by atoms with Gasteiger partial charge in [0.05, 0.1) is 17.3 Å². The first-order chi connectivity index (χ1) is 16.8. The van der Waals surface area contributed by atoms with Crippen molar-refractivity contribution < 1.29 is 14.9 Å². The Morgan fingerprint density at radius 2 is 1.94 bits per heavy atom. The molecule has 2 unspecified atom stereocenters. The quantitative estimate of drug-likeness (QED) is 0.687. The Labute approximate surface area is 206 Å². The molecule has 2 fully saturated rings. The van der Waals surface area contributed by atoms with Gasteiger partial charge in [-0.3, -0.25) is 4.98 Å². The number of allylic oxidation sites excluding steroid dienone is 3. The van der Waals surface area contributed by atoms with Gasteiger partial charge in [0.15, 0.2) is 0 Å². The normalized spacial score (nSPS) is 41.7. The molecule has 2 aromatic rings. The summed E-state index contributed by atoms with van der Waals surface area (Å²) >= 11 is 0. The van der Waals surface area contributed by atoms with Gasteiger partial charge < -0.3 is 19.8 Å². The van der Waals surface area contributed by atoms with Crippen LogP contribution in [0.25, 0.3) is 16.3 Å². The van der Waals surface area contributed by atoms with Crippen LogP contribution in [0.15, 0.2) is 66.0 Å². The second-order valence-electron chi connectivity index (χ2n) is 11.9. The molecule has 0 amide bonds. The van der Waals surface area contributed by atoms with Crippen molar-refractivity contribution >= 4 is 16.3 Å². The second kappa shape index (κ2) is 7.13. The third-order valence-corrected chi connectivity index (χ3v) is 10.0. The topological polar surface area (TPSA) is 65.8 Å². The predicted molar refractivity (Wildman–Crippen MR) is 137 cm³/mol. The average Bonchev–Trinajstić information content (AvgIpc) is 3.37. The first-order valence-corrected chi connectivity index (χ1v) is 13.0. The van der Waals surface area contributed by atoms with Crippen molar-refractivity contribution in [2.75, 3.05) is 14.1 Å². The van der Waals surface area contributed by atoms with Gasteiger partial charge in [-0.2, -0.15) is 0 Å². The smallest absolute Gasteiger partial charge is 0.105 e. The standard InChI is InChI=1S/C30H34N2O3/c1-28-10-8-21-15-23-26(33)27(34)24(32(2)3)16-29(23)11-12-30(21,35-29)25(28)7-6-22(28)19-5-4-18-9-13-31-17-20(18)14-19/h4-6,8-9,13-15,17,24-27,33-34H,7,10-12,16H2,1-3H3/t24-,25+,26+,27+,28+,29?,30?/m0/s1. The third-order valence-electron chi connectivity index (χ3n) is 10.0. The van der Waals surface area contributed by atoms with Crippen molar-refractivity contribution in [2.24, 2.45) is 11.3 Å². The molecule has 3 heterocycles. The summed E-state index contributed by atoms with van der Waals surface area (Å²) in [5.41, 5.74) is 3.99. The van der Waals surface area contributed by atoms with Gasteiger partial charge in [0.1, 0.15) is 6.10 Å². The molecular formula is C30H34N2O3. The Kier molecular flexibility index (Phi) is 4.47. The first-order valence-electron chi connectivity index (χ1n) is 13.0. The van der Waals surface area contributed by atoms with Crippen molar-refractivity contribution in [1.29, 1.82) is 0 Å². The highest BCUT2D eigenvalue weighted by Gasteiger charge is 2.67. The van der Waals surface area contributed by atoms with E-state index in [0.717, 1.165) is 37.7 Å². The molecule has 2 N–H and O–H groups in total. The van der Waals surface area contributed by atoms with Gasteiger partial charge >= 0.3 is 0 Å². The predicted octanol–water partition coefficient (Wildman–Crippen LogP) is 4.26. The maximum Gasteiger partial charge on any atom is 0.105 e. The number of fused-ring (bicyclic) bond motifs is 2. The molecular weight excluding hydrogens is 436 g/mol. The van der Waals surface area contributed by atoms with Gasteiger partial charge in [0.25, 0.3) is 0 Å². The highest BCUT2D eigenvalue weighted by molar-refractivity contribution is 5.87. The molecule has 2 aliphatic heterocycles. The second-order valence-corrected chi connectivity index (χ2v) is 11.9. The molecule has 0 radical (unpaired) electrons. The van der Waals surface area contributed by atoms with Crippen molar-refractivity contribution in [3.63, 3.8) is 0 Å². The molecule has 7 rings (SSSR count). The van der Waals surface area contributed by atoms with Gasteiger partial charge in [-0.15, -0.1) is 0 Å². The van der Waals surface area contributed by atoms with Gasteiger partial charge in [-0.1, -0.05) is 37.3 Å². The summed E-state index contributed by atoms with van der Waals surface area (Å²) in [6.07, 6.45) is 13.7. The van der Waals surface area contributed by atoms with E-state index >= 15 is 0 Å². The summed E-state index contributed by atoms with van der Waals surface area (Å²) in [5, 5.41) is 24.4. The lowest BCUT2D eigenvalue weighted by Gasteiger charge is -2.55. The summed E-state index contributed by atoms with van der Waals surface area (Å²) in [4.78, 5) is 6.37. The summed E-state index contributed by atoms with van der Waals surface area (Å²) in [7, 11) is 3.96. The Bertz CT molecular complexity index is 1330. The lowest BCUT2D eigenvalue weighted by atomic mass is 9.58. The van der Waals surface area contributed by atoms with E-state index in [1.807, 2.05) is 31.4 Å². The van der Waals surface area contributed by atoms with E-state index in [1.54, 1.807) is 0 Å². The number of nitrogens with zero attached hydrogens (tertiary/aromatic N) is 2. The molecule has 1 aromatic carbocycles. The zero-order valence-electron chi connectivity index (χ0n) is 20.7. The third kappa shape index (κ3) is 2.76. The van der Waals surface area contributed by atoms with Crippen molar-refractivity contribution in [2.45, 2.75) is 68.5 Å². The maximum atomic E-state index is 11.1. The number of aliphatic hydroxyl groups excluding tert-OH is 2. The van der Waals surface area contributed by atoms with Crippen LogP contribution in [-0.4, -0.2) is 63.6 Å². The molecule has 1 saturated carbocycles. The molecule has 5 aliphatic rings. The Hall–Kier alpha value is -2.31. The van der Waals surface area contributed by atoms with Crippen LogP contribution in [0.5, 0.6) is 0 Å². The molecule has 5 heteroatoms. The van der Waals surface area contributed by atoms with Gasteiger partial charge in [0.2, 0.25) is 0 Å². The Balaban J connectivity index is 1.30. The van der Waals surface area contributed by atoms with Crippen LogP contribution >= 0.6 is 0 Å². The largest absolute Gasteiger partial charge is 0.388 e. The zero-order valence-corrected chi connectivity index (χ0v) is 20.7. The average molecular weight is 471 g/mol. The maximum absolute atomic E-state index is 11.1. The van der Waals surface area contributed by atoms with Crippen LogP contribution in [0.3, 0.4) is 0 Å². The van der Waals surface area contributed by atoms with Gasteiger partial charge in [0, 0.05) is 35.2 Å². The van der Waals surface area contributed by atoms with Crippen molar-refractivity contribution in [3.05, 3.63) is 71.6 Å². The summed E-state index contributed by atoms with van der Waals surface area (Å²) in [5.74, 6) is 0.355. The summed E-state index contributed by atoms with van der Waals surface area (Å²) < 4.78 is 7.24. The lowest BCUT2D eigenvalue weighted by molar-refractivity contribution is -0.161. The molecule has 3 aliphatic carbocycles. The minimum absolute atomic E-state index is 0.00992. The zero-order chi connectivity index (χ0) is 24.2. The van der Waals surface area contributed by atoms with Crippen LogP contribution < -0.4 is 0 Å². The SMILES string of the molecule is CN(C)[C@H]1CC23CCC4(O2)C(=CC[C@]2(C)C(c5ccc6ccncc6c5)=CC[C@@H]42)C=C3[C@@H](O)[C@@H]1O. The van der Waals surface area contributed by atoms with E-state index < -0.39 is 17.8 Å². The Morgan fingerprint density at radius 1 is 1.09 bits per heavy atom. The van der Waals surface area contributed by atoms with Crippen LogP contribution in [0.2, 0.25) is 0 Å². The van der Waals surface area contributed by atoms with E-state index in [-0.39, 0.29) is 17.1 Å². The fraction of sp³-hybridized carbons (Fsp3) is 0.500. The minimum Gasteiger partial charge on any atom is -0.388 e. The van der Waals surface area contributed by atoms with Crippen LogP contribution in [0, 0.1) is 11.3 Å². The number of ether oxygens (including phenoxy) is 1. The minimum atomic E-state index is -0.884. The molecule has 7 atom stereocenters. The van der Waals surface area contributed by atoms with Crippen LogP contribution in [-0.2, 0) is 4.74 Å². The van der Waals surface area contributed by atoms with E-state index in [2.05, 4.69) is 54.4 Å². The number of likely N-dealkylation sites (N-methyl/N-ethyl adjacent to an activating group) is 1. The van der Waals surface area contributed by atoms with E-state index in [9.17, 15) is 10.2 Å². The highest BCUT2D eigenvalue weighted by atomic mass is 16.5. The number of pyridine rings is 1. The number of benzene rings is 1. The number of rotatable bonds is 2. The number of hydrogen-bond acceptors (Lipinski definition) is 5. The first kappa shape index (κ1) is 21.9. The summed E-state index contributed by atoms with van der Waals surface area (Å²) in [6.45, 7) is 2.42. The van der Waals surface area contributed by atoms with Crippen molar-refractivity contribution in [3.8, 4) is 0 Å².